The van der Waals surface area contributed by atoms with Crippen LogP contribution in [0.3, 0.4) is 0 Å². The van der Waals surface area contributed by atoms with E-state index in [4.69, 9.17) is 0 Å². The number of fused-ring (bicyclic) bond motifs is 3. The number of amides is 2. The number of aromatic nitrogens is 1. The Labute approximate surface area is 172 Å². The summed E-state index contributed by atoms with van der Waals surface area (Å²) >= 11 is 0. The number of likely N-dealkylation sites (N-methyl/N-ethyl adjacent to an activating group) is 1. The minimum absolute atomic E-state index is 0.159. The first-order chi connectivity index (χ1) is 14.4. The van der Waals surface area contributed by atoms with E-state index in [0.29, 0.717) is 34.0 Å². The third-order valence-corrected chi connectivity index (χ3v) is 5.93. The van der Waals surface area contributed by atoms with Crippen molar-refractivity contribution in [2.45, 2.75) is 6.54 Å². The average molecular weight is 399 g/mol. The molecular formula is C24H21N3O3. The molecule has 3 aromatic carbocycles. The van der Waals surface area contributed by atoms with Gasteiger partial charge in [-0.2, -0.15) is 0 Å². The summed E-state index contributed by atoms with van der Waals surface area (Å²) in [6, 6.07) is 14.8. The van der Waals surface area contributed by atoms with E-state index in [1.165, 1.54) is 7.05 Å². The number of rotatable bonds is 3. The Hall–Kier alpha value is -3.51. The number of hydrogen-bond donors (Lipinski definition) is 0. The van der Waals surface area contributed by atoms with Crippen LogP contribution in [0.4, 0.5) is 0 Å². The number of nitrogens with zero attached hydrogens (tertiary/aromatic N) is 3. The number of carbonyl (C=O) groups is 2. The second-order valence-electron chi connectivity index (χ2n) is 8.02. The minimum Gasteiger partial charge on any atom is -0.336 e. The molecule has 1 aliphatic rings. The van der Waals surface area contributed by atoms with E-state index < -0.39 is 0 Å². The first-order valence-corrected chi connectivity index (χ1v) is 9.88. The monoisotopic (exact) mass is 399 g/mol. The van der Waals surface area contributed by atoms with Crippen LogP contribution in [0, 0.1) is 0 Å². The highest BCUT2D eigenvalue weighted by Gasteiger charge is 2.31. The Kier molecular flexibility index (Phi) is 4.01. The average Bonchev–Trinajstić information content (AvgIpc) is 2.98. The summed E-state index contributed by atoms with van der Waals surface area (Å²) in [6.45, 7) is 1.40. The molecule has 0 spiro atoms. The Morgan fingerprint density at radius 3 is 2.30 bits per heavy atom. The van der Waals surface area contributed by atoms with E-state index in [1.54, 1.807) is 24.3 Å². The van der Waals surface area contributed by atoms with Gasteiger partial charge in [-0.15, -0.1) is 0 Å². The maximum atomic E-state index is 13.8. The lowest BCUT2D eigenvalue weighted by Gasteiger charge is -2.22. The van der Waals surface area contributed by atoms with Crippen molar-refractivity contribution in [1.82, 2.24) is 14.4 Å². The number of imide groups is 1. The van der Waals surface area contributed by atoms with Crippen molar-refractivity contribution in [2.24, 2.45) is 0 Å². The fraction of sp³-hybridized carbons (Fsp3) is 0.208. The lowest BCUT2D eigenvalue weighted by atomic mass is 9.97. The lowest BCUT2D eigenvalue weighted by Crippen LogP contribution is -2.36. The molecule has 0 aliphatic carbocycles. The topological polar surface area (TPSA) is 62.6 Å². The molecule has 2 amide bonds. The van der Waals surface area contributed by atoms with Crippen molar-refractivity contribution >= 4 is 44.4 Å². The molecular weight excluding hydrogens is 378 g/mol. The smallest absolute Gasteiger partial charge is 0.261 e. The van der Waals surface area contributed by atoms with Gasteiger partial charge >= 0.3 is 0 Å². The highest BCUT2D eigenvalue weighted by atomic mass is 16.2. The summed E-state index contributed by atoms with van der Waals surface area (Å²) in [7, 11) is 5.47. The van der Waals surface area contributed by atoms with Crippen LogP contribution >= 0.6 is 0 Å². The van der Waals surface area contributed by atoms with Gasteiger partial charge in [-0.1, -0.05) is 30.3 Å². The van der Waals surface area contributed by atoms with Gasteiger partial charge in [0.15, 0.2) is 0 Å². The first-order valence-electron chi connectivity index (χ1n) is 9.88. The molecule has 6 heteroatoms. The van der Waals surface area contributed by atoms with Gasteiger partial charge in [0.2, 0.25) is 5.43 Å². The van der Waals surface area contributed by atoms with Gasteiger partial charge in [-0.25, -0.2) is 0 Å². The fourth-order valence-corrected chi connectivity index (χ4v) is 4.43. The number of hydrogen-bond acceptors (Lipinski definition) is 4. The van der Waals surface area contributed by atoms with Crippen LogP contribution in [0.2, 0.25) is 0 Å². The maximum absolute atomic E-state index is 13.8. The van der Waals surface area contributed by atoms with Gasteiger partial charge in [-0.05, 0) is 32.3 Å². The van der Waals surface area contributed by atoms with Gasteiger partial charge in [0.1, 0.15) is 0 Å². The maximum Gasteiger partial charge on any atom is 0.261 e. The Morgan fingerprint density at radius 2 is 1.53 bits per heavy atom. The molecule has 150 valence electrons. The number of para-hydroxylation sites is 1. The predicted molar refractivity (Wildman–Crippen MR) is 118 cm³/mol. The lowest BCUT2D eigenvalue weighted by molar-refractivity contribution is 0.0651. The van der Waals surface area contributed by atoms with Crippen molar-refractivity contribution in [3.63, 3.8) is 0 Å². The van der Waals surface area contributed by atoms with Crippen LogP contribution in [0.15, 0.2) is 53.3 Å². The highest BCUT2D eigenvalue weighted by Crippen LogP contribution is 2.33. The molecule has 6 nitrogen and oxygen atoms in total. The SMILES string of the molecule is CN(C)CCn1c2ccccc2c2cc3c4c(cccc4c(=O)c21)C(=O)N(C)C3=O. The van der Waals surface area contributed by atoms with Crippen LogP contribution in [0.25, 0.3) is 32.6 Å². The summed E-state index contributed by atoms with van der Waals surface area (Å²) in [5.41, 5.74) is 2.15. The van der Waals surface area contributed by atoms with Crippen molar-refractivity contribution in [2.75, 3.05) is 27.7 Å². The quantitative estimate of drug-likeness (QED) is 0.497. The van der Waals surface area contributed by atoms with Gasteiger partial charge in [0.25, 0.3) is 11.8 Å². The van der Waals surface area contributed by atoms with Gasteiger partial charge < -0.3 is 9.47 Å². The Bertz CT molecular complexity index is 1450. The third kappa shape index (κ3) is 2.44. The summed E-state index contributed by atoms with van der Waals surface area (Å²) in [6.07, 6.45) is 0. The standard InChI is InChI=1S/C24H21N3O3/c1-25(2)11-12-27-19-10-5-4-7-14(19)17-13-18-20-15(22(28)21(17)27)8-6-9-16(20)23(29)26(3)24(18)30/h4-10,13H,11-12H2,1-3H3. The molecule has 0 fully saturated rings. The summed E-state index contributed by atoms with van der Waals surface area (Å²) in [5.74, 6) is -0.764. The number of benzene rings is 2. The summed E-state index contributed by atoms with van der Waals surface area (Å²) in [5, 5.41) is 2.52. The molecule has 0 radical (unpaired) electrons. The zero-order valence-electron chi connectivity index (χ0n) is 17.1. The normalized spacial score (nSPS) is 13.9. The molecule has 0 saturated carbocycles. The second kappa shape index (κ2) is 6.50. The zero-order valence-corrected chi connectivity index (χ0v) is 17.1. The molecule has 0 N–H and O–H groups in total. The molecule has 0 atom stereocenters. The van der Waals surface area contributed by atoms with Gasteiger partial charge in [0.05, 0.1) is 5.52 Å². The van der Waals surface area contributed by atoms with Crippen LogP contribution in [-0.4, -0.2) is 53.9 Å². The van der Waals surface area contributed by atoms with Crippen LogP contribution in [-0.2, 0) is 6.54 Å². The second-order valence-corrected chi connectivity index (χ2v) is 8.02. The molecule has 4 aromatic rings. The van der Waals surface area contributed by atoms with Crippen LogP contribution in [0.5, 0.6) is 0 Å². The van der Waals surface area contributed by atoms with Crippen molar-refractivity contribution < 1.29 is 9.59 Å². The largest absolute Gasteiger partial charge is 0.336 e. The van der Waals surface area contributed by atoms with Crippen LogP contribution in [0.1, 0.15) is 20.7 Å². The molecule has 1 aliphatic heterocycles. The Balaban J connectivity index is 2.04. The van der Waals surface area contributed by atoms with Gasteiger partial charge in [-0.3, -0.25) is 19.3 Å². The first kappa shape index (κ1) is 18.5. The molecule has 1 aromatic heterocycles. The van der Waals surface area contributed by atoms with E-state index in [-0.39, 0.29) is 17.2 Å². The van der Waals surface area contributed by atoms with Crippen molar-refractivity contribution in [3.8, 4) is 0 Å². The van der Waals surface area contributed by atoms with Gasteiger partial charge in [0, 0.05) is 58.3 Å². The van der Waals surface area contributed by atoms with Crippen molar-refractivity contribution in [1.29, 1.82) is 0 Å². The third-order valence-electron chi connectivity index (χ3n) is 5.93. The molecule has 0 saturated heterocycles. The molecule has 0 unspecified atom stereocenters. The van der Waals surface area contributed by atoms with E-state index in [0.717, 1.165) is 27.7 Å². The van der Waals surface area contributed by atoms with Crippen LogP contribution < -0.4 is 5.43 Å². The molecule has 2 heterocycles. The molecule has 30 heavy (non-hydrogen) atoms. The minimum atomic E-state index is -0.384. The van der Waals surface area contributed by atoms with E-state index >= 15 is 0 Å². The van der Waals surface area contributed by atoms with E-state index in [1.807, 2.05) is 42.9 Å². The predicted octanol–water partition coefficient (Wildman–Crippen LogP) is 3.10. The summed E-state index contributed by atoms with van der Waals surface area (Å²) < 4.78 is 2.04. The Morgan fingerprint density at radius 1 is 0.833 bits per heavy atom. The molecule has 5 rings (SSSR count). The van der Waals surface area contributed by atoms with E-state index in [2.05, 4.69) is 4.90 Å². The van der Waals surface area contributed by atoms with Crippen molar-refractivity contribution in [3.05, 3.63) is 69.9 Å². The highest BCUT2D eigenvalue weighted by molar-refractivity contribution is 6.27. The summed E-state index contributed by atoms with van der Waals surface area (Å²) in [4.78, 5) is 42.7. The number of carbonyl (C=O) groups excluding carboxylic acids is 2. The fourth-order valence-electron chi connectivity index (χ4n) is 4.43. The van der Waals surface area contributed by atoms with E-state index in [9.17, 15) is 14.4 Å². The molecule has 0 bridgehead atoms. The zero-order chi connectivity index (χ0) is 21.2.